The highest BCUT2D eigenvalue weighted by Gasteiger charge is 2.26. The van der Waals surface area contributed by atoms with Gasteiger partial charge in [-0.2, -0.15) is 0 Å². The molecule has 1 aromatic heterocycles. The molecule has 0 aliphatic carbocycles. The Hall–Kier alpha value is -1.30. The van der Waals surface area contributed by atoms with Gasteiger partial charge in [-0.3, -0.25) is 4.98 Å². The van der Waals surface area contributed by atoms with Gasteiger partial charge in [0.2, 0.25) is 0 Å². The summed E-state index contributed by atoms with van der Waals surface area (Å²) in [4.78, 5) is 14.7. The van der Waals surface area contributed by atoms with Crippen molar-refractivity contribution in [1.29, 1.82) is 0 Å². The highest BCUT2D eigenvalue weighted by molar-refractivity contribution is 6.17. The van der Waals surface area contributed by atoms with Gasteiger partial charge in [-0.25, -0.2) is 18.0 Å². The third-order valence-electron chi connectivity index (χ3n) is 1.98. The van der Waals surface area contributed by atoms with Crippen LogP contribution >= 0.6 is 11.6 Å². The Labute approximate surface area is 101 Å². The molecule has 0 saturated heterocycles. The van der Waals surface area contributed by atoms with E-state index in [0.717, 1.165) is 0 Å². The molecule has 0 fully saturated rings. The number of esters is 1. The second kappa shape index (κ2) is 5.86. The van der Waals surface area contributed by atoms with E-state index in [1.54, 1.807) is 0 Å². The third kappa shape index (κ3) is 2.88. The molecule has 0 aliphatic rings. The van der Waals surface area contributed by atoms with Crippen LogP contribution in [0.3, 0.4) is 0 Å². The van der Waals surface area contributed by atoms with Gasteiger partial charge in [0.15, 0.2) is 0 Å². The van der Waals surface area contributed by atoms with Crippen LogP contribution in [0.1, 0.15) is 35.0 Å². The number of ether oxygens (including phenoxy) is 1. The molecule has 0 amide bonds. The van der Waals surface area contributed by atoms with E-state index in [1.165, 1.54) is 6.92 Å². The van der Waals surface area contributed by atoms with Gasteiger partial charge in [-0.15, -0.1) is 11.6 Å². The molecule has 0 aromatic carbocycles. The molecular formula is C10H9ClF3NO2. The van der Waals surface area contributed by atoms with E-state index in [2.05, 4.69) is 9.72 Å². The predicted octanol–water partition coefficient (Wildman–Crippen LogP) is 3.07. The smallest absolute Gasteiger partial charge is 0.340 e. The first-order chi connectivity index (χ1) is 8.02. The molecule has 0 bridgehead atoms. The summed E-state index contributed by atoms with van der Waals surface area (Å²) in [5, 5.41) is 0. The van der Waals surface area contributed by atoms with Gasteiger partial charge < -0.3 is 4.74 Å². The Morgan fingerprint density at radius 1 is 1.59 bits per heavy atom. The van der Waals surface area contributed by atoms with Crippen LogP contribution in [0.25, 0.3) is 0 Å². The van der Waals surface area contributed by atoms with Crippen molar-refractivity contribution in [1.82, 2.24) is 4.98 Å². The summed E-state index contributed by atoms with van der Waals surface area (Å²) >= 11 is 5.44. The number of carbonyl (C=O) groups excluding carboxylic acids is 1. The Balaban J connectivity index is 3.38. The standard InChI is InChI=1S/C10H9ClF3NO2/c1-2-17-10(16)7-5(3-11)6(12)4-15-8(7)9(13)14/h4,9H,2-3H2,1H3. The van der Waals surface area contributed by atoms with Gasteiger partial charge in [-0.05, 0) is 6.92 Å². The van der Waals surface area contributed by atoms with E-state index in [0.29, 0.717) is 6.20 Å². The molecule has 1 heterocycles. The predicted molar refractivity (Wildman–Crippen MR) is 54.7 cm³/mol. The normalized spacial score (nSPS) is 10.7. The lowest BCUT2D eigenvalue weighted by atomic mass is 10.1. The number of nitrogens with zero attached hydrogens (tertiary/aromatic N) is 1. The maximum atomic E-state index is 13.3. The number of hydrogen-bond donors (Lipinski definition) is 0. The fraction of sp³-hybridized carbons (Fsp3) is 0.400. The van der Waals surface area contributed by atoms with E-state index in [4.69, 9.17) is 11.6 Å². The van der Waals surface area contributed by atoms with Crippen molar-refractivity contribution in [3.63, 3.8) is 0 Å². The summed E-state index contributed by atoms with van der Waals surface area (Å²) in [5.41, 5.74) is -1.73. The lowest BCUT2D eigenvalue weighted by molar-refractivity contribution is 0.0511. The van der Waals surface area contributed by atoms with Crippen molar-refractivity contribution in [2.24, 2.45) is 0 Å². The first kappa shape index (κ1) is 13.8. The molecule has 1 rings (SSSR count). The zero-order valence-corrected chi connectivity index (χ0v) is 9.60. The second-order valence-electron chi connectivity index (χ2n) is 3.00. The summed E-state index contributed by atoms with van der Waals surface area (Å²) in [7, 11) is 0. The molecule has 0 saturated carbocycles. The highest BCUT2D eigenvalue weighted by atomic mass is 35.5. The average molecular weight is 268 g/mol. The van der Waals surface area contributed by atoms with Crippen LogP contribution in [-0.2, 0) is 10.6 Å². The largest absolute Gasteiger partial charge is 0.462 e. The molecule has 17 heavy (non-hydrogen) atoms. The maximum absolute atomic E-state index is 13.3. The van der Waals surface area contributed by atoms with Crippen molar-refractivity contribution in [3.8, 4) is 0 Å². The van der Waals surface area contributed by atoms with Gasteiger partial charge in [0.1, 0.15) is 11.5 Å². The molecule has 0 aliphatic heterocycles. The van der Waals surface area contributed by atoms with Crippen LogP contribution in [0.4, 0.5) is 13.2 Å². The van der Waals surface area contributed by atoms with E-state index < -0.39 is 35.3 Å². The van der Waals surface area contributed by atoms with E-state index >= 15 is 0 Å². The lowest BCUT2D eigenvalue weighted by Gasteiger charge is -2.11. The zero-order valence-electron chi connectivity index (χ0n) is 8.84. The molecule has 7 heteroatoms. The number of hydrogen-bond acceptors (Lipinski definition) is 3. The number of rotatable bonds is 4. The monoisotopic (exact) mass is 267 g/mol. The van der Waals surface area contributed by atoms with Crippen LogP contribution in [0.15, 0.2) is 6.20 Å². The Morgan fingerprint density at radius 3 is 2.71 bits per heavy atom. The Bertz CT molecular complexity index is 426. The fourth-order valence-corrected chi connectivity index (χ4v) is 1.53. The molecule has 0 unspecified atom stereocenters. The summed E-state index contributed by atoms with van der Waals surface area (Å²) in [6, 6.07) is 0. The van der Waals surface area contributed by atoms with Gasteiger partial charge in [-0.1, -0.05) is 0 Å². The fourth-order valence-electron chi connectivity index (χ4n) is 1.27. The maximum Gasteiger partial charge on any atom is 0.340 e. The summed E-state index contributed by atoms with van der Waals surface area (Å²) < 4.78 is 43.2. The SMILES string of the molecule is CCOC(=O)c1c(C(F)F)ncc(F)c1CCl. The molecule has 3 nitrogen and oxygen atoms in total. The number of aromatic nitrogens is 1. The third-order valence-corrected chi connectivity index (χ3v) is 2.25. The van der Waals surface area contributed by atoms with E-state index in [-0.39, 0.29) is 12.2 Å². The quantitative estimate of drug-likeness (QED) is 0.622. The van der Waals surface area contributed by atoms with Gasteiger partial charge in [0, 0.05) is 5.56 Å². The van der Waals surface area contributed by atoms with E-state index in [9.17, 15) is 18.0 Å². The van der Waals surface area contributed by atoms with Gasteiger partial charge >= 0.3 is 5.97 Å². The zero-order chi connectivity index (χ0) is 13.0. The van der Waals surface area contributed by atoms with Crippen LogP contribution < -0.4 is 0 Å². The molecule has 0 radical (unpaired) electrons. The van der Waals surface area contributed by atoms with Crippen molar-refractivity contribution in [2.75, 3.05) is 6.61 Å². The molecule has 0 atom stereocenters. The topological polar surface area (TPSA) is 39.2 Å². The minimum Gasteiger partial charge on any atom is -0.462 e. The number of alkyl halides is 3. The lowest BCUT2D eigenvalue weighted by Crippen LogP contribution is -2.14. The second-order valence-corrected chi connectivity index (χ2v) is 3.27. The molecular weight excluding hydrogens is 259 g/mol. The number of halogens is 4. The summed E-state index contributed by atoms with van der Waals surface area (Å²) in [6.45, 7) is 1.49. The van der Waals surface area contributed by atoms with Crippen LogP contribution in [0, 0.1) is 5.82 Å². The van der Waals surface area contributed by atoms with Gasteiger partial charge in [0.25, 0.3) is 6.43 Å². The minimum atomic E-state index is -3.00. The van der Waals surface area contributed by atoms with Crippen molar-refractivity contribution in [2.45, 2.75) is 19.2 Å². The van der Waals surface area contributed by atoms with Gasteiger partial charge in [0.05, 0.1) is 24.2 Å². The molecule has 0 N–H and O–H groups in total. The van der Waals surface area contributed by atoms with Crippen LogP contribution in [0.5, 0.6) is 0 Å². The molecule has 0 spiro atoms. The Morgan fingerprint density at radius 2 is 2.24 bits per heavy atom. The van der Waals surface area contributed by atoms with Crippen molar-refractivity contribution < 1.29 is 22.7 Å². The number of carbonyl (C=O) groups is 1. The van der Waals surface area contributed by atoms with Crippen molar-refractivity contribution in [3.05, 3.63) is 28.8 Å². The minimum absolute atomic E-state index is 0.0141. The van der Waals surface area contributed by atoms with E-state index in [1.807, 2.05) is 0 Å². The average Bonchev–Trinajstić information content (AvgIpc) is 2.28. The molecule has 94 valence electrons. The summed E-state index contributed by atoms with van der Waals surface area (Å²) in [5.74, 6) is -2.37. The van der Waals surface area contributed by atoms with Crippen LogP contribution in [0.2, 0.25) is 0 Å². The first-order valence-corrected chi connectivity index (χ1v) is 5.24. The van der Waals surface area contributed by atoms with Crippen LogP contribution in [-0.4, -0.2) is 17.6 Å². The van der Waals surface area contributed by atoms with Crippen molar-refractivity contribution >= 4 is 17.6 Å². The first-order valence-electron chi connectivity index (χ1n) is 4.71. The molecule has 1 aromatic rings. The Kier molecular flexibility index (Phi) is 4.74. The highest BCUT2D eigenvalue weighted by Crippen LogP contribution is 2.26. The number of pyridine rings is 1. The summed E-state index contributed by atoms with van der Waals surface area (Å²) in [6.07, 6.45) is -2.39.